The number of amides is 2. The van der Waals surface area contributed by atoms with Gasteiger partial charge in [0.2, 0.25) is 0 Å². The number of allylic oxidation sites excluding steroid dienone is 2. The van der Waals surface area contributed by atoms with Gasteiger partial charge in [-0.25, -0.2) is 14.4 Å². The number of nitrogens with two attached hydrogens (primary N) is 1. The first-order valence-corrected chi connectivity index (χ1v) is 13.0. The van der Waals surface area contributed by atoms with E-state index in [0.717, 1.165) is 6.33 Å². The molecule has 2 aromatic carbocycles. The Bertz CT molecular complexity index is 1590. The Labute approximate surface area is 240 Å². The highest BCUT2D eigenvalue weighted by atomic mass is 19.1. The van der Waals surface area contributed by atoms with Crippen LogP contribution in [-0.2, 0) is 17.9 Å². The Balaban J connectivity index is 1.58. The van der Waals surface area contributed by atoms with Gasteiger partial charge in [-0.15, -0.1) is 0 Å². The van der Waals surface area contributed by atoms with Gasteiger partial charge < -0.3 is 26.8 Å². The van der Waals surface area contributed by atoms with Gasteiger partial charge in [0.25, 0.3) is 22.7 Å². The molecule has 12 nitrogen and oxygen atoms in total. The predicted octanol–water partition coefficient (Wildman–Crippen LogP) is 2.07. The first kappa shape index (κ1) is 31.3. The fourth-order valence-corrected chi connectivity index (χ4v) is 3.87. The van der Waals surface area contributed by atoms with E-state index in [1.54, 1.807) is 38.2 Å². The van der Waals surface area contributed by atoms with Gasteiger partial charge in [-0.3, -0.25) is 24.0 Å². The minimum absolute atomic E-state index is 0.0112. The lowest BCUT2D eigenvalue weighted by atomic mass is 10.1. The monoisotopic (exact) mass is 578 g/mol. The minimum Gasteiger partial charge on any atom is -0.481 e. The Morgan fingerprint density at radius 1 is 1.05 bits per heavy atom. The van der Waals surface area contributed by atoms with Gasteiger partial charge in [-0.05, 0) is 44.4 Å². The summed E-state index contributed by atoms with van der Waals surface area (Å²) in [6.07, 6.45) is 9.07. The van der Waals surface area contributed by atoms with E-state index in [1.165, 1.54) is 24.3 Å². The van der Waals surface area contributed by atoms with E-state index >= 15 is 0 Å². The second-order valence-corrected chi connectivity index (χ2v) is 9.44. The number of carboxylic acids is 1. The van der Waals surface area contributed by atoms with Gasteiger partial charge in [0.15, 0.2) is 0 Å². The van der Waals surface area contributed by atoms with Crippen molar-refractivity contribution in [2.75, 3.05) is 11.1 Å². The third-order valence-corrected chi connectivity index (χ3v) is 6.30. The number of carboxylic acid groups (broad SMARTS) is 1. The maximum absolute atomic E-state index is 14.3. The molecule has 0 radical (unpaired) electrons. The van der Waals surface area contributed by atoms with Crippen LogP contribution in [-0.4, -0.2) is 38.9 Å². The molecule has 0 aliphatic carbocycles. The van der Waals surface area contributed by atoms with E-state index in [-0.39, 0.29) is 47.5 Å². The number of halogens is 1. The fraction of sp³-hybridized carbons (Fsp3) is 0.276. The topological polar surface area (TPSA) is 193 Å². The molecular formula is C29H31FN6O6. The SMILES string of the molecule is C/C=C/C(CC/C=C/C(C)C(=O)O)NC(=O)c1cc(C(=O)NCc2ccc(F)c(CNc3c(N)c(=O)c3=O)c2)ncn1. The number of hydrogen-bond donors (Lipinski definition) is 5. The highest BCUT2D eigenvalue weighted by Crippen LogP contribution is 2.15. The van der Waals surface area contributed by atoms with Gasteiger partial charge in [0.05, 0.1) is 5.92 Å². The van der Waals surface area contributed by atoms with Crippen molar-refractivity contribution in [2.45, 2.75) is 45.8 Å². The molecule has 3 aromatic rings. The molecule has 2 atom stereocenters. The molecule has 2 unspecified atom stereocenters. The van der Waals surface area contributed by atoms with Crippen LogP contribution in [0, 0.1) is 11.7 Å². The summed E-state index contributed by atoms with van der Waals surface area (Å²) in [6, 6.07) is 5.07. The zero-order valence-corrected chi connectivity index (χ0v) is 23.0. The van der Waals surface area contributed by atoms with E-state index in [1.807, 2.05) is 0 Å². The molecule has 0 saturated heterocycles. The average molecular weight is 579 g/mol. The number of nitrogens with zero attached hydrogens (tertiary/aromatic N) is 2. The molecule has 2 amide bonds. The second-order valence-electron chi connectivity index (χ2n) is 9.44. The number of carbonyl (C=O) groups is 3. The van der Waals surface area contributed by atoms with Crippen molar-refractivity contribution >= 4 is 29.2 Å². The molecule has 13 heteroatoms. The van der Waals surface area contributed by atoms with Gasteiger partial charge in [-0.2, -0.15) is 0 Å². The summed E-state index contributed by atoms with van der Waals surface area (Å²) >= 11 is 0. The Morgan fingerprint density at radius 2 is 1.76 bits per heavy atom. The normalized spacial score (nSPS) is 12.8. The van der Waals surface area contributed by atoms with Crippen molar-refractivity contribution in [1.82, 2.24) is 20.6 Å². The fourth-order valence-electron chi connectivity index (χ4n) is 3.87. The zero-order chi connectivity index (χ0) is 30.8. The number of aliphatic carboxylic acids is 1. The molecule has 0 aliphatic rings. The zero-order valence-electron chi connectivity index (χ0n) is 23.0. The third-order valence-electron chi connectivity index (χ3n) is 6.30. The van der Waals surface area contributed by atoms with E-state index in [2.05, 4.69) is 25.9 Å². The summed E-state index contributed by atoms with van der Waals surface area (Å²) < 4.78 is 14.3. The summed E-state index contributed by atoms with van der Waals surface area (Å²) in [5.74, 6) is -3.19. The molecule has 0 fully saturated rings. The van der Waals surface area contributed by atoms with Crippen LogP contribution in [0.1, 0.15) is 58.8 Å². The molecule has 3 rings (SSSR count). The number of nitrogens with one attached hydrogen (secondary N) is 3. The van der Waals surface area contributed by atoms with Crippen LogP contribution in [0.25, 0.3) is 0 Å². The number of benzene rings is 1. The van der Waals surface area contributed by atoms with Crippen LogP contribution in [0.4, 0.5) is 15.8 Å². The van der Waals surface area contributed by atoms with E-state index in [0.29, 0.717) is 18.4 Å². The van der Waals surface area contributed by atoms with Crippen LogP contribution in [0.3, 0.4) is 0 Å². The molecule has 0 aliphatic heterocycles. The molecule has 6 N–H and O–H groups in total. The molecule has 42 heavy (non-hydrogen) atoms. The molecule has 0 bridgehead atoms. The van der Waals surface area contributed by atoms with Crippen LogP contribution in [0.2, 0.25) is 0 Å². The van der Waals surface area contributed by atoms with Crippen LogP contribution < -0.4 is 32.5 Å². The number of aromatic nitrogens is 2. The van der Waals surface area contributed by atoms with E-state index in [4.69, 9.17) is 10.8 Å². The highest BCUT2D eigenvalue weighted by Gasteiger charge is 2.19. The maximum Gasteiger partial charge on any atom is 0.310 e. The van der Waals surface area contributed by atoms with E-state index < -0.39 is 40.4 Å². The van der Waals surface area contributed by atoms with Crippen molar-refractivity contribution < 1.29 is 23.9 Å². The number of hydrogen-bond acceptors (Lipinski definition) is 9. The lowest BCUT2D eigenvalue weighted by Gasteiger charge is -2.14. The summed E-state index contributed by atoms with van der Waals surface area (Å²) in [7, 11) is 0. The standard InChI is InChI=1S/C29H31FN6O6/c1-3-6-19(8-5-4-7-16(2)29(41)42)36-28(40)22-12-21(34-15-35-22)27(39)33-13-17-9-10-20(30)18(11-17)14-32-24-23(31)25(37)26(24)38/h3-4,6-7,9-12,15-16,19,32H,5,8,13-14,31H2,1-2H3,(H,33,39)(H,36,40)(H,41,42)/b6-3+,7-4+. The van der Waals surface area contributed by atoms with Crippen molar-refractivity contribution in [1.29, 1.82) is 0 Å². The molecular weight excluding hydrogens is 547 g/mol. The van der Waals surface area contributed by atoms with Crippen LogP contribution in [0.5, 0.6) is 0 Å². The van der Waals surface area contributed by atoms with E-state index in [9.17, 15) is 28.4 Å². The summed E-state index contributed by atoms with van der Waals surface area (Å²) in [5, 5.41) is 17.1. The third kappa shape index (κ3) is 8.16. The predicted molar refractivity (Wildman–Crippen MR) is 154 cm³/mol. The summed E-state index contributed by atoms with van der Waals surface area (Å²) in [6.45, 7) is 3.29. The molecule has 1 heterocycles. The lowest BCUT2D eigenvalue weighted by molar-refractivity contribution is -0.139. The number of anilines is 2. The second kappa shape index (κ2) is 14.4. The Morgan fingerprint density at radius 3 is 2.43 bits per heavy atom. The summed E-state index contributed by atoms with van der Waals surface area (Å²) in [4.78, 5) is 67.2. The van der Waals surface area contributed by atoms with Gasteiger partial charge in [0, 0.05) is 30.8 Å². The quantitative estimate of drug-likeness (QED) is 0.140. The highest BCUT2D eigenvalue weighted by molar-refractivity contribution is 5.97. The Hall–Kier alpha value is -5.20. The van der Waals surface area contributed by atoms with Crippen molar-refractivity contribution in [3.05, 3.63) is 104 Å². The first-order valence-electron chi connectivity index (χ1n) is 13.0. The smallest absolute Gasteiger partial charge is 0.310 e. The first-order chi connectivity index (χ1) is 20.0. The average Bonchev–Trinajstić information content (AvgIpc) is 2.98. The number of nitrogen functional groups attached to an aromatic ring is 1. The maximum atomic E-state index is 14.3. The van der Waals surface area contributed by atoms with Crippen molar-refractivity contribution in [3.8, 4) is 0 Å². The van der Waals surface area contributed by atoms with Crippen molar-refractivity contribution in [3.63, 3.8) is 0 Å². The summed E-state index contributed by atoms with van der Waals surface area (Å²) in [5.41, 5.74) is 4.36. The van der Waals surface area contributed by atoms with Gasteiger partial charge in [-0.1, -0.05) is 30.4 Å². The number of rotatable bonds is 14. The Kier molecular flexibility index (Phi) is 10.8. The minimum atomic E-state index is -0.922. The van der Waals surface area contributed by atoms with Crippen LogP contribution in [0.15, 0.2) is 64.5 Å². The lowest BCUT2D eigenvalue weighted by Crippen LogP contribution is -2.37. The van der Waals surface area contributed by atoms with Gasteiger partial charge >= 0.3 is 5.97 Å². The van der Waals surface area contributed by atoms with Crippen LogP contribution >= 0.6 is 0 Å². The molecule has 1 aromatic heterocycles. The van der Waals surface area contributed by atoms with Crippen molar-refractivity contribution in [2.24, 2.45) is 5.92 Å². The molecule has 0 spiro atoms. The molecule has 0 saturated carbocycles. The molecule has 220 valence electrons. The largest absolute Gasteiger partial charge is 0.481 e. The van der Waals surface area contributed by atoms with Gasteiger partial charge in [0.1, 0.15) is 34.9 Å². The number of carbonyl (C=O) groups excluding carboxylic acids is 2.